The Labute approximate surface area is 203 Å². The summed E-state index contributed by atoms with van der Waals surface area (Å²) in [7, 11) is -3.74. The fraction of sp³-hybridized carbons (Fsp3) is 0.333. The van der Waals surface area contributed by atoms with Gasteiger partial charge < -0.3 is 25.4 Å². The summed E-state index contributed by atoms with van der Waals surface area (Å²) in [5, 5.41) is 2.54. The first-order chi connectivity index (χ1) is 16.8. The molecule has 3 aliphatic rings. The number of nitrogens with zero attached hydrogens (tertiary/aromatic N) is 2. The Bertz CT molecular complexity index is 1280. The number of carbonyl (C=O) groups is 2. The smallest absolute Gasteiger partial charge is 0.312 e. The second-order valence-electron chi connectivity index (χ2n) is 8.69. The quantitative estimate of drug-likeness (QED) is 0.573. The number of nitrogens with one attached hydrogen (secondary N) is 1. The summed E-state index contributed by atoms with van der Waals surface area (Å²) in [5.74, 6) is 0.234. The first-order valence-electron chi connectivity index (χ1n) is 11.3. The van der Waals surface area contributed by atoms with Gasteiger partial charge in [-0.05, 0) is 28.8 Å². The van der Waals surface area contributed by atoms with Crippen molar-refractivity contribution in [2.24, 2.45) is 5.73 Å². The molecule has 3 aliphatic heterocycles. The number of amides is 3. The van der Waals surface area contributed by atoms with Gasteiger partial charge in [-0.25, -0.2) is 13.2 Å². The molecule has 2 aromatic carbocycles. The molecule has 0 spiro atoms. The van der Waals surface area contributed by atoms with E-state index in [1.807, 2.05) is 30.3 Å². The number of hydrogen-bond acceptors (Lipinski definition) is 6. The Kier molecular flexibility index (Phi) is 6.12. The van der Waals surface area contributed by atoms with Gasteiger partial charge in [-0.1, -0.05) is 30.3 Å². The summed E-state index contributed by atoms with van der Waals surface area (Å²) in [6.45, 7) is 2.04. The van der Waals surface area contributed by atoms with E-state index in [-0.39, 0.29) is 30.4 Å². The zero-order valence-corrected chi connectivity index (χ0v) is 19.8. The first kappa shape index (κ1) is 23.2. The Balaban J connectivity index is 1.27. The molecule has 0 fully saturated rings. The Morgan fingerprint density at radius 1 is 0.943 bits per heavy atom. The van der Waals surface area contributed by atoms with E-state index < -0.39 is 22.0 Å². The van der Waals surface area contributed by atoms with Crippen LogP contribution < -0.4 is 20.5 Å². The van der Waals surface area contributed by atoms with Crippen molar-refractivity contribution in [3.05, 3.63) is 65.2 Å². The maximum absolute atomic E-state index is 13.4. The molecule has 1 atom stereocenters. The highest BCUT2D eigenvalue weighted by Crippen LogP contribution is 2.36. The van der Waals surface area contributed by atoms with E-state index in [0.29, 0.717) is 37.8 Å². The second kappa shape index (κ2) is 9.23. The lowest BCUT2D eigenvalue weighted by Crippen LogP contribution is -2.42. The van der Waals surface area contributed by atoms with Gasteiger partial charge in [0.15, 0.2) is 11.5 Å². The maximum Gasteiger partial charge on any atom is 0.312 e. The molecule has 0 bridgehead atoms. The van der Waals surface area contributed by atoms with Crippen LogP contribution in [0.2, 0.25) is 0 Å². The van der Waals surface area contributed by atoms with Crippen molar-refractivity contribution in [3.63, 3.8) is 0 Å². The summed E-state index contributed by atoms with van der Waals surface area (Å²) in [6, 6.07) is 13.1. The minimum absolute atomic E-state index is 0.0873. The predicted molar refractivity (Wildman–Crippen MR) is 127 cm³/mol. The zero-order chi connectivity index (χ0) is 24.6. The van der Waals surface area contributed by atoms with Gasteiger partial charge in [-0.3, -0.25) is 4.79 Å². The van der Waals surface area contributed by atoms with Gasteiger partial charge in [0.2, 0.25) is 15.9 Å². The van der Waals surface area contributed by atoms with E-state index >= 15 is 0 Å². The molecule has 0 radical (unpaired) electrons. The molecule has 35 heavy (non-hydrogen) atoms. The summed E-state index contributed by atoms with van der Waals surface area (Å²) in [4.78, 5) is 26.5. The lowest BCUT2D eigenvalue weighted by Gasteiger charge is -2.27. The molecule has 0 saturated carbocycles. The summed E-state index contributed by atoms with van der Waals surface area (Å²) < 4.78 is 39.0. The number of ether oxygens (including phenoxy) is 2. The van der Waals surface area contributed by atoms with E-state index in [9.17, 15) is 18.0 Å². The molecule has 184 valence electrons. The SMILES string of the molecule is NC(=O)NCC(C(=O)N1CC2=C(C1)CN(S(=O)(=O)c1ccc3c(c1)OCCO3)C2)c1ccccc1. The van der Waals surface area contributed by atoms with Crippen LogP contribution in [0.5, 0.6) is 11.5 Å². The van der Waals surface area contributed by atoms with Crippen LogP contribution in [0.4, 0.5) is 4.79 Å². The van der Waals surface area contributed by atoms with Crippen LogP contribution in [0, 0.1) is 0 Å². The average Bonchev–Trinajstić information content (AvgIpc) is 3.44. The van der Waals surface area contributed by atoms with E-state index in [4.69, 9.17) is 15.2 Å². The number of primary amides is 1. The van der Waals surface area contributed by atoms with Gasteiger partial charge in [-0.2, -0.15) is 4.31 Å². The number of rotatable bonds is 6. The number of carbonyl (C=O) groups excluding carboxylic acids is 2. The van der Waals surface area contributed by atoms with Crippen LogP contribution >= 0.6 is 0 Å². The molecular formula is C24H26N4O6S. The molecule has 3 heterocycles. The van der Waals surface area contributed by atoms with Gasteiger partial charge in [0.05, 0.1) is 10.8 Å². The van der Waals surface area contributed by atoms with Crippen molar-refractivity contribution in [1.82, 2.24) is 14.5 Å². The van der Waals surface area contributed by atoms with Crippen LogP contribution in [-0.4, -0.2) is 75.5 Å². The Morgan fingerprint density at radius 2 is 1.60 bits per heavy atom. The minimum Gasteiger partial charge on any atom is -0.486 e. The molecule has 3 N–H and O–H groups in total. The van der Waals surface area contributed by atoms with Gasteiger partial charge in [-0.15, -0.1) is 0 Å². The molecule has 5 rings (SSSR count). The third-order valence-corrected chi connectivity index (χ3v) is 8.23. The number of hydrogen-bond donors (Lipinski definition) is 2. The van der Waals surface area contributed by atoms with Crippen LogP contribution in [0.15, 0.2) is 64.6 Å². The second-order valence-corrected chi connectivity index (χ2v) is 10.6. The highest BCUT2D eigenvalue weighted by Gasteiger charge is 2.39. The molecule has 11 heteroatoms. The molecule has 0 aromatic heterocycles. The topological polar surface area (TPSA) is 131 Å². The Morgan fingerprint density at radius 3 is 2.26 bits per heavy atom. The summed E-state index contributed by atoms with van der Waals surface area (Å²) >= 11 is 0. The molecule has 0 aliphatic carbocycles. The lowest BCUT2D eigenvalue weighted by atomic mass is 9.97. The van der Waals surface area contributed by atoms with E-state index in [1.165, 1.54) is 16.4 Å². The zero-order valence-electron chi connectivity index (χ0n) is 19.0. The number of sulfonamides is 1. The van der Waals surface area contributed by atoms with E-state index in [0.717, 1.165) is 16.7 Å². The van der Waals surface area contributed by atoms with Crippen molar-refractivity contribution >= 4 is 22.0 Å². The normalized spacial score (nSPS) is 18.3. The standard InChI is InChI=1S/C24H26N4O6S/c25-24(30)26-11-20(16-4-2-1-3-5-16)23(29)27-12-17-14-28(15-18(17)13-27)35(31,32)19-6-7-21-22(10-19)34-9-8-33-21/h1-7,10,20H,8-9,11-15H2,(H3,25,26,30). The fourth-order valence-corrected chi connectivity index (χ4v) is 6.11. The molecule has 2 aromatic rings. The average molecular weight is 499 g/mol. The third kappa shape index (κ3) is 4.56. The van der Waals surface area contributed by atoms with Gasteiger partial charge in [0.25, 0.3) is 0 Å². The summed E-state index contributed by atoms with van der Waals surface area (Å²) in [5.41, 5.74) is 7.86. The van der Waals surface area contributed by atoms with Crippen molar-refractivity contribution in [3.8, 4) is 11.5 Å². The minimum atomic E-state index is -3.74. The largest absolute Gasteiger partial charge is 0.486 e. The van der Waals surface area contributed by atoms with Crippen molar-refractivity contribution < 1.29 is 27.5 Å². The maximum atomic E-state index is 13.4. The molecule has 1 unspecified atom stereocenters. The predicted octanol–water partition coefficient (Wildman–Crippen LogP) is 1.05. The Hall–Kier alpha value is -3.57. The van der Waals surface area contributed by atoms with Crippen LogP contribution in [0.3, 0.4) is 0 Å². The van der Waals surface area contributed by atoms with E-state index in [2.05, 4.69) is 5.32 Å². The van der Waals surface area contributed by atoms with Crippen molar-refractivity contribution in [2.75, 3.05) is 45.9 Å². The highest BCUT2D eigenvalue weighted by atomic mass is 32.2. The molecule has 0 saturated heterocycles. The molecule has 10 nitrogen and oxygen atoms in total. The van der Waals surface area contributed by atoms with Gasteiger partial charge in [0.1, 0.15) is 13.2 Å². The monoisotopic (exact) mass is 498 g/mol. The van der Waals surface area contributed by atoms with Crippen molar-refractivity contribution in [2.45, 2.75) is 10.8 Å². The third-order valence-electron chi connectivity index (χ3n) is 6.44. The van der Waals surface area contributed by atoms with Gasteiger partial charge >= 0.3 is 6.03 Å². The molecule has 3 amide bonds. The van der Waals surface area contributed by atoms with Crippen LogP contribution in [0.1, 0.15) is 11.5 Å². The highest BCUT2D eigenvalue weighted by molar-refractivity contribution is 7.89. The molecular weight excluding hydrogens is 472 g/mol. The fourth-order valence-electron chi connectivity index (χ4n) is 4.66. The first-order valence-corrected chi connectivity index (χ1v) is 12.7. The number of urea groups is 1. The lowest BCUT2D eigenvalue weighted by molar-refractivity contribution is -0.131. The number of nitrogens with two attached hydrogens (primary N) is 1. The number of fused-ring (bicyclic) bond motifs is 1. The number of benzene rings is 2. The summed E-state index contributed by atoms with van der Waals surface area (Å²) in [6.07, 6.45) is 0. The van der Waals surface area contributed by atoms with Crippen molar-refractivity contribution in [1.29, 1.82) is 0 Å². The van der Waals surface area contributed by atoms with Gasteiger partial charge in [0, 0.05) is 38.8 Å². The van der Waals surface area contributed by atoms with E-state index in [1.54, 1.807) is 11.0 Å². The van der Waals surface area contributed by atoms with Crippen LogP contribution in [-0.2, 0) is 14.8 Å². The van der Waals surface area contributed by atoms with Crippen LogP contribution in [0.25, 0.3) is 0 Å².